The Morgan fingerprint density at radius 2 is 2.20 bits per heavy atom. The predicted octanol–water partition coefficient (Wildman–Crippen LogP) is 5.09. The van der Waals surface area contributed by atoms with E-state index in [1.165, 1.54) is 38.5 Å². The molecule has 3 rings (SSSR count). The van der Waals surface area contributed by atoms with Gasteiger partial charge in [-0.15, -0.1) is 0 Å². The van der Waals surface area contributed by atoms with Crippen molar-refractivity contribution in [3.63, 3.8) is 0 Å². The van der Waals surface area contributed by atoms with Crippen molar-refractivity contribution in [2.75, 3.05) is 5.32 Å². The van der Waals surface area contributed by atoms with Crippen molar-refractivity contribution in [2.45, 2.75) is 64.3 Å². The second-order valence-electron chi connectivity index (χ2n) is 6.05. The minimum Gasteiger partial charge on any atom is -0.440 e. The second-order valence-corrected chi connectivity index (χ2v) is 6.05. The first-order valence-electron chi connectivity index (χ1n) is 7.93. The summed E-state index contributed by atoms with van der Waals surface area (Å²) in [4.78, 5) is 4.61. The van der Waals surface area contributed by atoms with Gasteiger partial charge in [-0.05, 0) is 44.4 Å². The highest BCUT2D eigenvalue weighted by molar-refractivity contribution is 5.77. The third kappa shape index (κ3) is 3.14. The molecule has 3 heteroatoms. The molecule has 0 saturated heterocycles. The zero-order valence-electron chi connectivity index (χ0n) is 12.5. The van der Waals surface area contributed by atoms with Gasteiger partial charge in [-0.25, -0.2) is 4.98 Å². The number of aromatic nitrogens is 1. The fourth-order valence-electron chi connectivity index (χ4n) is 2.60. The number of oxazole rings is 1. The minimum absolute atomic E-state index is 0.508. The Balaban J connectivity index is 1.65. The van der Waals surface area contributed by atoms with Gasteiger partial charge in [-0.1, -0.05) is 26.2 Å². The first-order chi connectivity index (χ1) is 9.76. The van der Waals surface area contributed by atoms with E-state index in [4.69, 9.17) is 4.42 Å². The lowest BCUT2D eigenvalue weighted by atomic mass is 10.1. The highest BCUT2D eigenvalue weighted by atomic mass is 16.3. The summed E-state index contributed by atoms with van der Waals surface area (Å²) in [5.41, 5.74) is 3.05. The lowest BCUT2D eigenvalue weighted by Gasteiger charge is -2.14. The van der Waals surface area contributed by atoms with Crippen LogP contribution in [-0.2, 0) is 0 Å². The molecule has 2 aromatic rings. The molecule has 3 nitrogen and oxygen atoms in total. The highest BCUT2D eigenvalue weighted by Crippen LogP contribution is 2.40. The molecular formula is C17H24N2O. The average Bonchev–Trinajstić information content (AvgIpc) is 3.19. The Bertz CT molecular complexity index is 571. The van der Waals surface area contributed by atoms with Crippen LogP contribution in [0, 0.1) is 0 Å². The van der Waals surface area contributed by atoms with Crippen LogP contribution in [0.25, 0.3) is 11.1 Å². The van der Waals surface area contributed by atoms with Crippen LogP contribution in [0.2, 0.25) is 0 Å². The molecule has 1 saturated carbocycles. The molecule has 1 N–H and O–H groups in total. The van der Waals surface area contributed by atoms with E-state index in [1.807, 2.05) is 6.07 Å². The van der Waals surface area contributed by atoms with Crippen molar-refractivity contribution in [1.82, 2.24) is 4.98 Å². The Kier molecular flexibility index (Phi) is 3.95. The van der Waals surface area contributed by atoms with E-state index < -0.39 is 0 Å². The minimum atomic E-state index is 0.508. The van der Waals surface area contributed by atoms with Gasteiger partial charge >= 0.3 is 0 Å². The quantitative estimate of drug-likeness (QED) is 0.714. The van der Waals surface area contributed by atoms with E-state index in [0.29, 0.717) is 12.0 Å². The van der Waals surface area contributed by atoms with E-state index in [-0.39, 0.29) is 0 Å². The molecule has 0 bridgehead atoms. The van der Waals surface area contributed by atoms with Crippen molar-refractivity contribution in [3.05, 3.63) is 24.1 Å². The number of rotatable bonds is 7. The van der Waals surface area contributed by atoms with Gasteiger partial charge in [0.25, 0.3) is 0 Å². The molecule has 1 aliphatic carbocycles. The maximum absolute atomic E-state index is 5.79. The van der Waals surface area contributed by atoms with Crippen LogP contribution in [-0.4, -0.2) is 11.0 Å². The third-order valence-electron chi connectivity index (χ3n) is 3.98. The smallest absolute Gasteiger partial charge is 0.198 e. The molecule has 1 aromatic heterocycles. The summed E-state index contributed by atoms with van der Waals surface area (Å²) in [7, 11) is 0. The van der Waals surface area contributed by atoms with E-state index >= 15 is 0 Å². The largest absolute Gasteiger partial charge is 0.440 e. The molecule has 1 unspecified atom stereocenters. The number of unbranched alkanes of at least 4 members (excludes halogenated alkanes) is 2. The number of fused-ring (bicyclic) bond motifs is 1. The summed E-state index contributed by atoms with van der Waals surface area (Å²) in [6.07, 6.45) is 7.57. The molecule has 20 heavy (non-hydrogen) atoms. The number of hydrogen-bond donors (Lipinski definition) is 1. The molecule has 0 radical (unpaired) electrons. The van der Waals surface area contributed by atoms with Gasteiger partial charge in [0.1, 0.15) is 5.52 Å². The van der Waals surface area contributed by atoms with Crippen LogP contribution in [0.15, 0.2) is 22.6 Å². The Labute approximate surface area is 120 Å². The zero-order valence-corrected chi connectivity index (χ0v) is 12.5. The summed E-state index contributed by atoms with van der Waals surface area (Å²) >= 11 is 0. The van der Waals surface area contributed by atoms with Gasteiger partial charge < -0.3 is 9.73 Å². The standard InChI is InChI=1S/C17H24N2O/c1-3-4-5-6-12(2)18-14-9-10-16-15(11-14)19-17(20-16)13-7-8-13/h9-13,18H,3-8H2,1-2H3. The molecule has 108 valence electrons. The van der Waals surface area contributed by atoms with Crippen LogP contribution in [0.1, 0.15) is 64.2 Å². The highest BCUT2D eigenvalue weighted by Gasteiger charge is 2.28. The lowest BCUT2D eigenvalue weighted by molar-refractivity contribution is 0.533. The molecule has 1 atom stereocenters. The summed E-state index contributed by atoms with van der Waals surface area (Å²) in [6, 6.07) is 6.76. The summed E-state index contributed by atoms with van der Waals surface area (Å²) in [6.45, 7) is 4.49. The Morgan fingerprint density at radius 1 is 1.35 bits per heavy atom. The predicted molar refractivity (Wildman–Crippen MR) is 83.2 cm³/mol. The number of anilines is 1. The molecule has 0 spiro atoms. The van der Waals surface area contributed by atoms with Crippen molar-refractivity contribution in [2.24, 2.45) is 0 Å². The van der Waals surface area contributed by atoms with Crippen LogP contribution in [0.3, 0.4) is 0 Å². The van der Waals surface area contributed by atoms with E-state index in [2.05, 4.69) is 36.3 Å². The van der Waals surface area contributed by atoms with E-state index in [1.54, 1.807) is 0 Å². The first kappa shape index (κ1) is 13.5. The number of nitrogens with zero attached hydrogens (tertiary/aromatic N) is 1. The summed E-state index contributed by atoms with van der Waals surface area (Å²) in [5, 5.41) is 3.57. The SMILES string of the molecule is CCCCCC(C)Nc1ccc2oc(C3CC3)nc2c1. The molecule has 1 heterocycles. The molecule has 0 aliphatic heterocycles. The van der Waals surface area contributed by atoms with Crippen molar-refractivity contribution < 1.29 is 4.42 Å². The van der Waals surface area contributed by atoms with Crippen LogP contribution >= 0.6 is 0 Å². The van der Waals surface area contributed by atoms with Crippen LogP contribution in [0.5, 0.6) is 0 Å². The first-order valence-corrected chi connectivity index (χ1v) is 7.93. The second kappa shape index (κ2) is 5.86. The summed E-state index contributed by atoms with van der Waals surface area (Å²) in [5.74, 6) is 1.50. The van der Waals surface area contributed by atoms with Crippen molar-refractivity contribution in [3.8, 4) is 0 Å². The van der Waals surface area contributed by atoms with E-state index in [0.717, 1.165) is 22.7 Å². The molecule has 1 aromatic carbocycles. The molecule has 0 amide bonds. The Morgan fingerprint density at radius 3 is 2.95 bits per heavy atom. The maximum Gasteiger partial charge on any atom is 0.198 e. The van der Waals surface area contributed by atoms with Gasteiger partial charge in [-0.3, -0.25) is 0 Å². The maximum atomic E-state index is 5.79. The van der Waals surface area contributed by atoms with Gasteiger partial charge in [0.2, 0.25) is 0 Å². The van der Waals surface area contributed by atoms with Gasteiger partial charge in [0.15, 0.2) is 11.5 Å². The lowest BCUT2D eigenvalue weighted by Crippen LogP contribution is -2.14. The molecule has 1 aliphatic rings. The van der Waals surface area contributed by atoms with Crippen LogP contribution < -0.4 is 5.32 Å². The average molecular weight is 272 g/mol. The monoisotopic (exact) mass is 272 g/mol. The number of benzene rings is 1. The van der Waals surface area contributed by atoms with Crippen LogP contribution in [0.4, 0.5) is 5.69 Å². The fraction of sp³-hybridized carbons (Fsp3) is 0.588. The van der Waals surface area contributed by atoms with Gasteiger partial charge in [-0.2, -0.15) is 0 Å². The number of nitrogens with one attached hydrogen (secondary N) is 1. The normalized spacial score (nSPS) is 16.5. The van der Waals surface area contributed by atoms with Gasteiger partial charge in [0, 0.05) is 17.6 Å². The van der Waals surface area contributed by atoms with Crippen molar-refractivity contribution in [1.29, 1.82) is 0 Å². The zero-order chi connectivity index (χ0) is 13.9. The topological polar surface area (TPSA) is 38.1 Å². The molecular weight excluding hydrogens is 248 g/mol. The number of hydrogen-bond acceptors (Lipinski definition) is 3. The Hall–Kier alpha value is -1.51. The third-order valence-corrected chi connectivity index (χ3v) is 3.98. The fourth-order valence-corrected chi connectivity index (χ4v) is 2.60. The van der Waals surface area contributed by atoms with E-state index in [9.17, 15) is 0 Å². The van der Waals surface area contributed by atoms with Gasteiger partial charge in [0.05, 0.1) is 0 Å². The molecule has 1 fully saturated rings. The van der Waals surface area contributed by atoms with Crippen molar-refractivity contribution >= 4 is 16.8 Å². The summed E-state index contributed by atoms with van der Waals surface area (Å²) < 4.78 is 5.79.